The van der Waals surface area contributed by atoms with E-state index in [0.717, 1.165) is 16.7 Å². The van der Waals surface area contributed by atoms with Crippen LogP contribution in [-0.2, 0) is 9.59 Å². The van der Waals surface area contributed by atoms with Crippen molar-refractivity contribution in [3.63, 3.8) is 0 Å². The number of aromatic nitrogens is 3. The lowest BCUT2D eigenvalue weighted by atomic mass is 9.93. The highest BCUT2D eigenvalue weighted by atomic mass is 16.5. The Morgan fingerprint density at radius 3 is 2.73 bits per heavy atom. The van der Waals surface area contributed by atoms with Crippen molar-refractivity contribution in [2.75, 3.05) is 12.4 Å². The smallest absolute Gasteiger partial charge is 0.249 e. The summed E-state index contributed by atoms with van der Waals surface area (Å²) < 4.78 is 5.34. The number of amides is 2. The molecule has 1 atom stereocenters. The summed E-state index contributed by atoms with van der Waals surface area (Å²) in [6.07, 6.45) is 3.68. The van der Waals surface area contributed by atoms with Crippen LogP contribution in [0.2, 0.25) is 0 Å². The van der Waals surface area contributed by atoms with Crippen molar-refractivity contribution in [3.05, 3.63) is 65.9 Å². The number of H-pyrrole nitrogens is 1. The molecule has 0 bridgehead atoms. The van der Waals surface area contributed by atoms with Gasteiger partial charge in [-0.2, -0.15) is 4.98 Å². The van der Waals surface area contributed by atoms with Crippen LogP contribution in [0.3, 0.4) is 0 Å². The molecule has 1 aliphatic rings. The number of benzene rings is 2. The van der Waals surface area contributed by atoms with Crippen LogP contribution >= 0.6 is 0 Å². The van der Waals surface area contributed by atoms with Gasteiger partial charge in [0, 0.05) is 13.1 Å². The van der Waals surface area contributed by atoms with Crippen molar-refractivity contribution in [2.24, 2.45) is 0 Å². The molecular formula is C22H21N5O3. The van der Waals surface area contributed by atoms with Gasteiger partial charge in [0.15, 0.2) is 5.82 Å². The highest BCUT2D eigenvalue weighted by Crippen LogP contribution is 2.33. The molecule has 0 unspecified atom stereocenters. The van der Waals surface area contributed by atoms with Gasteiger partial charge in [-0.3, -0.25) is 20.0 Å². The molecule has 2 heterocycles. The Hall–Kier alpha value is -3.94. The molecule has 2 N–H and O–H groups in total. The minimum atomic E-state index is -0.392. The van der Waals surface area contributed by atoms with Crippen LogP contribution < -0.4 is 10.1 Å². The third-order valence-electron chi connectivity index (χ3n) is 4.95. The third-order valence-corrected chi connectivity index (χ3v) is 4.95. The van der Waals surface area contributed by atoms with E-state index in [1.54, 1.807) is 18.2 Å². The second-order valence-electron chi connectivity index (χ2n) is 6.85. The van der Waals surface area contributed by atoms with E-state index in [-0.39, 0.29) is 24.2 Å². The van der Waals surface area contributed by atoms with E-state index in [2.05, 4.69) is 20.5 Å². The Bertz CT molecular complexity index is 1120. The molecule has 2 aromatic carbocycles. The zero-order chi connectivity index (χ0) is 21.1. The average Bonchev–Trinajstić information content (AvgIpc) is 3.21. The Morgan fingerprint density at radius 2 is 1.93 bits per heavy atom. The fourth-order valence-corrected chi connectivity index (χ4v) is 3.54. The summed E-state index contributed by atoms with van der Waals surface area (Å²) in [7, 11) is 1.58. The summed E-state index contributed by atoms with van der Waals surface area (Å²) in [5.74, 6) is 0.875. The van der Waals surface area contributed by atoms with E-state index in [9.17, 15) is 9.59 Å². The van der Waals surface area contributed by atoms with E-state index in [4.69, 9.17) is 4.74 Å². The topological polar surface area (TPSA) is 100 Å². The summed E-state index contributed by atoms with van der Waals surface area (Å²) in [5.41, 5.74) is 2.65. The second-order valence-corrected chi connectivity index (χ2v) is 6.85. The Kier molecular flexibility index (Phi) is 5.30. The molecule has 8 nitrogen and oxygen atoms in total. The maximum Gasteiger partial charge on any atom is 0.249 e. The number of hydrogen-bond acceptors (Lipinski definition) is 5. The zero-order valence-electron chi connectivity index (χ0n) is 16.6. The van der Waals surface area contributed by atoms with Crippen LogP contribution in [0.1, 0.15) is 30.5 Å². The summed E-state index contributed by atoms with van der Waals surface area (Å²) in [4.78, 5) is 30.7. The van der Waals surface area contributed by atoms with Crippen LogP contribution in [0.5, 0.6) is 5.75 Å². The first-order chi connectivity index (χ1) is 14.6. The number of carbonyl (C=O) groups excluding carboxylic acids is 2. The molecule has 0 aliphatic carbocycles. The van der Waals surface area contributed by atoms with Gasteiger partial charge >= 0.3 is 0 Å². The minimum Gasteiger partial charge on any atom is -0.496 e. The standard InChI is InChI=1S/C22H21N5O3/c1-14(28)27-12-11-15-7-3-4-8-16(15)18(27)13-20(29)23-22-24-21(25-26-22)17-9-5-6-10-19(17)30-2/h3-12,18H,13H2,1-2H3,(H2,23,24,25,26,29)/t18-/m0/s1. The van der Waals surface area contributed by atoms with Gasteiger partial charge in [-0.25, -0.2) is 0 Å². The zero-order valence-corrected chi connectivity index (χ0v) is 16.6. The van der Waals surface area contributed by atoms with E-state index >= 15 is 0 Å². The van der Waals surface area contributed by atoms with E-state index in [1.807, 2.05) is 54.6 Å². The largest absolute Gasteiger partial charge is 0.496 e. The van der Waals surface area contributed by atoms with Crippen LogP contribution in [0, 0.1) is 0 Å². The summed E-state index contributed by atoms with van der Waals surface area (Å²) in [6.45, 7) is 1.48. The summed E-state index contributed by atoms with van der Waals surface area (Å²) >= 11 is 0. The molecule has 30 heavy (non-hydrogen) atoms. The van der Waals surface area contributed by atoms with Crippen molar-refractivity contribution in [2.45, 2.75) is 19.4 Å². The predicted octanol–water partition coefficient (Wildman–Crippen LogP) is 3.38. The summed E-state index contributed by atoms with van der Waals surface area (Å²) in [5, 5.41) is 9.61. The third kappa shape index (κ3) is 3.80. The number of methoxy groups -OCH3 is 1. The first-order valence-corrected chi connectivity index (χ1v) is 9.48. The number of rotatable bonds is 5. The quantitative estimate of drug-likeness (QED) is 0.680. The number of carbonyl (C=O) groups is 2. The van der Waals surface area contributed by atoms with Gasteiger partial charge in [-0.1, -0.05) is 36.4 Å². The fourth-order valence-electron chi connectivity index (χ4n) is 3.54. The Balaban J connectivity index is 1.52. The molecule has 1 aromatic heterocycles. The number of ether oxygens (including phenoxy) is 1. The maximum absolute atomic E-state index is 12.7. The SMILES string of the molecule is COc1ccccc1-c1nc(NC(=O)C[C@H]2c3ccccc3C=CN2C(C)=O)n[nH]1. The molecule has 4 rings (SSSR count). The first-order valence-electron chi connectivity index (χ1n) is 9.48. The second kappa shape index (κ2) is 8.20. The van der Waals surface area contributed by atoms with Gasteiger partial charge < -0.3 is 9.64 Å². The first kappa shape index (κ1) is 19.4. The molecule has 1 aliphatic heterocycles. The number of aromatic amines is 1. The highest BCUT2D eigenvalue weighted by molar-refractivity contribution is 5.90. The van der Waals surface area contributed by atoms with Gasteiger partial charge in [0.05, 0.1) is 25.1 Å². The van der Waals surface area contributed by atoms with E-state index in [0.29, 0.717) is 11.6 Å². The van der Waals surface area contributed by atoms with Gasteiger partial charge in [0.2, 0.25) is 17.8 Å². The number of nitrogens with one attached hydrogen (secondary N) is 2. The maximum atomic E-state index is 12.7. The van der Waals surface area contributed by atoms with Crippen molar-refractivity contribution >= 4 is 23.8 Å². The molecule has 0 saturated heterocycles. The van der Waals surface area contributed by atoms with Gasteiger partial charge in [-0.05, 0) is 29.3 Å². The van der Waals surface area contributed by atoms with Crippen molar-refractivity contribution in [1.82, 2.24) is 20.1 Å². The molecule has 152 valence electrons. The number of anilines is 1. The van der Waals surface area contributed by atoms with E-state index < -0.39 is 6.04 Å². The molecule has 2 amide bonds. The summed E-state index contributed by atoms with van der Waals surface area (Å²) in [6, 6.07) is 14.7. The van der Waals surface area contributed by atoms with Gasteiger partial charge in [0.25, 0.3) is 0 Å². The van der Waals surface area contributed by atoms with Crippen LogP contribution in [0.25, 0.3) is 17.5 Å². The van der Waals surface area contributed by atoms with E-state index in [1.165, 1.54) is 6.92 Å². The molecule has 0 spiro atoms. The van der Waals surface area contributed by atoms with Crippen molar-refractivity contribution in [1.29, 1.82) is 0 Å². The number of hydrogen-bond donors (Lipinski definition) is 2. The molecular weight excluding hydrogens is 382 g/mol. The molecule has 0 fully saturated rings. The molecule has 0 saturated carbocycles. The number of para-hydroxylation sites is 1. The lowest BCUT2D eigenvalue weighted by molar-refractivity contribution is -0.129. The van der Waals surface area contributed by atoms with Crippen LogP contribution in [0.15, 0.2) is 54.7 Å². The minimum absolute atomic E-state index is 0.0828. The Morgan fingerprint density at radius 1 is 1.17 bits per heavy atom. The average molecular weight is 403 g/mol. The normalized spacial score (nSPS) is 14.9. The molecule has 3 aromatic rings. The van der Waals surface area contributed by atoms with Crippen LogP contribution in [0.4, 0.5) is 5.95 Å². The lowest BCUT2D eigenvalue weighted by Crippen LogP contribution is -2.33. The Labute approximate surface area is 173 Å². The molecule has 0 radical (unpaired) electrons. The van der Waals surface area contributed by atoms with Crippen LogP contribution in [-0.4, -0.2) is 39.0 Å². The molecule has 8 heteroatoms. The highest BCUT2D eigenvalue weighted by Gasteiger charge is 2.28. The monoisotopic (exact) mass is 403 g/mol. The number of nitrogens with zero attached hydrogens (tertiary/aromatic N) is 3. The van der Waals surface area contributed by atoms with Gasteiger partial charge in [-0.15, -0.1) is 5.10 Å². The van der Waals surface area contributed by atoms with Crippen molar-refractivity contribution in [3.8, 4) is 17.1 Å². The van der Waals surface area contributed by atoms with Crippen molar-refractivity contribution < 1.29 is 14.3 Å². The predicted molar refractivity (Wildman–Crippen MR) is 112 cm³/mol. The number of fused-ring (bicyclic) bond motifs is 1. The fraction of sp³-hybridized carbons (Fsp3) is 0.182. The van der Waals surface area contributed by atoms with Gasteiger partial charge in [0.1, 0.15) is 5.75 Å². The lowest BCUT2D eigenvalue weighted by Gasteiger charge is -2.32.